The number of rotatable bonds is 6. The molecule has 0 saturated carbocycles. The van der Waals surface area contributed by atoms with Crippen molar-refractivity contribution in [2.45, 2.75) is 26.3 Å². The van der Waals surface area contributed by atoms with Gasteiger partial charge in [0.2, 0.25) is 0 Å². The van der Waals surface area contributed by atoms with Crippen molar-refractivity contribution in [3.05, 3.63) is 35.3 Å². The number of halogens is 2. The fourth-order valence-corrected chi connectivity index (χ4v) is 2.80. The smallest absolute Gasteiger partial charge is 0.271 e. The average Bonchev–Trinajstić information content (AvgIpc) is 3.04. The lowest BCUT2D eigenvalue weighted by Gasteiger charge is -2.33. The fourth-order valence-electron chi connectivity index (χ4n) is 2.00. The molecule has 1 heterocycles. The number of thiazole rings is 1. The molecule has 140 valence electrons. The molecule has 25 heavy (non-hydrogen) atoms. The lowest BCUT2D eigenvalue weighted by molar-refractivity contribution is 0.0879. The molecule has 1 aromatic carbocycles. The number of carbonyl (C=O) groups is 1. The first-order valence-electron chi connectivity index (χ1n) is 7.52. The Bertz CT molecular complexity index is 677. The number of aromatic nitrogens is 1. The predicted molar refractivity (Wildman–Crippen MR) is 108 cm³/mol. The molecule has 1 unspecified atom stereocenters. The zero-order chi connectivity index (χ0) is 17.0. The van der Waals surface area contributed by atoms with Crippen LogP contribution in [0.3, 0.4) is 0 Å². The van der Waals surface area contributed by atoms with Crippen molar-refractivity contribution in [1.29, 1.82) is 0 Å². The van der Waals surface area contributed by atoms with Crippen molar-refractivity contribution in [2.75, 3.05) is 13.7 Å². The minimum Gasteiger partial charge on any atom is -0.497 e. The van der Waals surface area contributed by atoms with E-state index < -0.39 is 5.54 Å². The molecule has 0 fully saturated rings. The number of nitrogens with zero attached hydrogens (tertiary/aromatic N) is 1. The van der Waals surface area contributed by atoms with Crippen molar-refractivity contribution in [3.63, 3.8) is 0 Å². The van der Waals surface area contributed by atoms with E-state index >= 15 is 0 Å². The van der Waals surface area contributed by atoms with Gasteiger partial charge in [0.1, 0.15) is 16.5 Å². The minimum atomic E-state index is -0.443. The van der Waals surface area contributed by atoms with Crippen LogP contribution in [0.2, 0.25) is 0 Å². The highest BCUT2D eigenvalue weighted by Crippen LogP contribution is 2.26. The molecular formula is C17H25Cl2N3O2S. The summed E-state index contributed by atoms with van der Waals surface area (Å²) < 4.78 is 5.15. The molecule has 0 spiro atoms. The Labute approximate surface area is 165 Å². The first-order valence-corrected chi connectivity index (χ1v) is 8.40. The number of benzene rings is 1. The zero-order valence-corrected chi connectivity index (χ0v) is 17.2. The van der Waals surface area contributed by atoms with Gasteiger partial charge in [0, 0.05) is 17.5 Å². The van der Waals surface area contributed by atoms with Crippen LogP contribution in [0.1, 0.15) is 31.3 Å². The first kappa shape index (κ1) is 23.7. The summed E-state index contributed by atoms with van der Waals surface area (Å²) >= 11 is 1.44. The van der Waals surface area contributed by atoms with Crippen LogP contribution in [0.4, 0.5) is 0 Å². The van der Waals surface area contributed by atoms with Crippen LogP contribution in [0.15, 0.2) is 29.6 Å². The van der Waals surface area contributed by atoms with E-state index in [1.165, 1.54) is 11.3 Å². The molecule has 8 heteroatoms. The van der Waals surface area contributed by atoms with E-state index in [2.05, 4.69) is 10.3 Å². The maximum Gasteiger partial charge on any atom is 0.271 e. The van der Waals surface area contributed by atoms with E-state index in [9.17, 15) is 4.79 Å². The summed E-state index contributed by atoms with van der Waals surface area (Å²) in [7, 11) is 1.63. The molecule has 1 aromatic heterocycles. The van der Waals surface area contributed by atoms with E-state index in [0.29, 0.717) is 12.2 Å². The summed E-state index contributed by atoms with van der Waals surface area (Å²) in [4.78, 5) is 16.9. The second kappa shape index (κ2) is 9.97. The SMILES string of the molecule is COc1ccc(-c2nc(C(=O)NC(C)(CN)C(C)C)cs2)cc1.Cl.Cl. The Hall–Kier alpha value is -1.34. The number of amides is 1. The van der Waals surface area contributed by atoms with Crippen molar-refractivity contribution in [2.24, 2.45) is 11.7 Å². The van der Waals surface area contributed by atoms with Gasteiger partial charge in [-0.2, -0.15) is 0 Å². The monoisotopic (exact) mass is 405 g/mol. The fraction of sp³-hybridized carbons (Fsp3) is 0.412. The van der Waals surface area contributed by atoms with E-state index in [0.717, 1.165) is 16.3 Å². The van der Waals surface area contributed by atoms with Gasteiger partial charge < -0.3 is 15.8 Å². The highest BCUT2D eigenvalue weighted by Gasteiger charge is 2.29. The standard InChI is InChI=1S/C17H23N3O2S.2ClH/c1-11(2)17(3,10-18)20-15(21)14-9-23-16(19-14)12-5-7-13(22-4)8-6-12;;/h5-9,11H,10,18H2,1-4H3,(H,20,21);2*1H. The second-order valence-electron chi connectivity index (χ2n) is 6.00. The molecule has 0 aliphatic carbocycles. The topological polar surface area (TPSA) is 77.2 Å². The second-order valence-corrected chi connectivity index (χ2v) is 6.85. The lowest BCUT2D eigenvalue weighted by atomic mass is 9.88. The Morgan fingerprint density at radius 1 is 1.32 bits per heavy atom. The number of methoxy groups -OCH3 is 1. The number of nitrogens with one attached hydrogen (secondary N) is 1. The highest BCUT2D eigenvalue weighted by molar-refractivity contribution is 7.13. The molecule has 1 amide bonds. The number of carbonyl (C=O) groups excluding carboxylic acids is 1. The van der Waals surface area contributed by atoms with Gasteiger partial charge in [-0.05, 0) is 37.1 Å². The van der Waals surface area contributed by atoms with E-state index in [4.69, 9.17) is 10.5 Å². The van der Waals surface area contributed by atoms with Crippen LogP contribution in [-0.2, 0) is 0 Å². The summed E-state index contributed by atoms with van der Waals surface area (Å²) in [6.07, 6.45) is 0. The molecule has 2 rings (SSSR count). The summed E-state index contributed by atoms with van der Waals surface area (Å²) in [6.45, 7) is 6.41. The normalized spacial score (nSPS) is 12.6. The van der Waals surface area contributed by atoms with Crippen LogP contribution in [0.25, 0.3) is 10.6 Å². The molecule has 0 saturated heterocycles. The van der Waals surface area contributed by atoms with Gasteiger partial charge in [-0.1, -0.05) is 13.8 Å². The van der Waals surface area contributed by atoms with E-state index in [1.54, 1.807) is 12.5 Å². The number of hydrogen-bond donors (Lipinski definition) is 2. The van der Waals surface area contributed by atoms with Gasteiger partial charge in [0.05, 0.1) is 12.6 Å². The van der Waals surface area contributed by atoms with Gasteiger partial charge in [0.15, 0.2) is 0 Å². The van der Waals surface area contributed by atoms with Crippen molar-refractivity contribution >= 4 is 42.1 Å². The minimum absolute atomic E-state index is 0. The molecule has 0 bridgehead atoms. The zero-order valence-electron chi connectivity index (χ0n) is 14.7. The van der Waals surface area contributed by atoms with Gasteiger partial charge >= 0.3 is 0 Å². The number of ether oxygens (including phenoxy) is 1. The Morgan fingerprint density at radius 2 is 1.92 bits per heavy atom. The largest absolute Gasteiger partial charge is 0.497 e. The summed E-state index contributed by atoms with van der Waals surface area (Å²) in [5.74, 6) is 0.831. The van der Waals surface area contributed by atoms with Gasteiger partial charge in [-0.25, -0.2) is 4.98 Å². The summed E-state index contributed by atoms with van der Waals surface area (Å²) in [5, 5.41) is 5.57. The van der Waals surface area contributed by atoms with Gasteiger partial charge in [-0.3, -0.25) is 4.79 Å². The first-order chi connectivity index (χ1) is 10.9. The Balaban J connectivity index is 0.00000288. The molecule has 2 aromatic rings. The third-order valence-corrected chi connectivity index (χ3v) is 5.06. The maximum atomic E-state index is 12.4. The van der Waals surface area contributed by atoms with Crippen LogP contribution in [0, 0.1) is 5.92 Å². The molecular weight excluding hydrogens is 381 g/mol. The van der Waals surface area contributed by atoms with Crippen molar-refractivity contribution in [1.82, 2.24) is 10.3 Å². The summed E-state index contributed by atoms with van der Waals surface area (Å²) in [6, 6.07) is 7.61. The summed E-state index contributed by atoms with van der Waals surface area (Å²) in [5.41, 5.74) is 6.75. The van der Waals surface area contributed by atoms with E-state index in [-0.39, 0.29) is 36.6 Å². The number of nitrogens with two attached hydrogens (primary N) is 1. The third kappa shape index (κ3) is 5.57. The molecule has 0 aliphatic rings. The maximum absolute atomic E-state index is 12.4. The average molecular weight is 406 g/mol. The molecule has 5 nitrogen and oxygen atoms in total. The Morgan fingerprint density at radius 3 is 2.40 bits per heavy atom. The van der Waals surface area contributed by atoms with Crippen LogP contribution >= 0.6 is 36.2 Å². The van der Waals surface area contributed by atoms with Crippen LogP contribution in [-0.4, -0.2) is 30.1 Å². The molecule has 3 N–H and O–H groups in total. The third-order valence-electron chi connectivity index (χ3n) is 4.17. The van der Waals surface area contributed by atoms with Crippen molar-refractivity contribution < 1.29 is 9.53 Å². The molecule has 1 atom stereocenters. The van der Waals surface area contributed by atoms with Crippen LogP contribution < -0.4 is 15.8 Å². The quantitative estimate of drug-likeness (QED) is 0.766. The number of hydrogen-bond acceptors (Lipinski definition) is 5. The molecule has 0 aliphatic heterocycles. The van der Waals surface area contributed by atoms with E-state index in [1.807, 2.05) is 45.0 Å². The van der Waals surface area contributed by atoms with Gasteiger partial charge in [-0.15, -0.1) is 36.2 Å². The van der Waals surface area contributed by atoms with Gasteiger partial charge in [0.25, 0.3) is 5.91 Å². The lowest BCUT2D eigenvalue weighted by Crippen LogP contribution is -2.55. The molecule has 0 radical (unpaired) electrons. The predicted octanol–water partition coefficient (Wildman–Crippen LogP) is 3.77. The highest BCUT2D eigenvalue weighted by atomic mass is 35.5. The van der Waals surface area contributed by atoms with Crippen molar-refractivity contribution in [3.8, 4) is 16.3 Å². The Kier molecular flexibility index (Phi) is 9.43. The van der Waals surface area contributed by atoms with Crippen LogP contribution in [0.5, 0.6) is 5.75 Å².